The zero-order chi connectivity index (χ0) is 18.0. The van der Waals surface area contributed by atoms with Crippen LogP contribution >= 0.6 is 11.3 Å². The Morgan fingerprint density at radius 2 is 2.20 bits per heavy atom. The van der Waals surface area contributed by atoms with E-state index in [2.05, 4.69) is 10.1 Å². The molecule has 0 radical (unpaired) electrons. The van der Waals surface area contributed by atoms with Crippen LogP contribution < -0.4 is 4.80 Å². The summed E-state index contributed by atoms with van der Waals surface area (Å²) >= 11 is 1.28. The fourth-order valence-electron chi connectivity index (χ4n) is 2.46. The van der Waals surface area contributed by atoms with Crippen molar-refractivity contribution in [3.8, 4) is 0 Å². The molecule has 2 aromatic heterocycles. The van der Waals surface area contributed by atoms with Gasteiger partial charge in [0.05, 0.1) is 16.8 Å². The SMILES string of the molecule is CCOCCn1c(=NC(=O)c2cc(C)n(C)n2)sc2cc(F)ccc21. The third-order valence-corrected chi connectivity index (χ3v) is 4.88. The average molecular weight is 362 g/mol. The van der Waals surface area contributed by atoms with Gasteiger partial charge in [-0.2, -0.15) is 10.1 Å². The quantitative estimate of drug-likeness (QED) is 0.656. The molecule has 0 saturated carbocycles. The van der Waals surface area contributed by atoms with Crippen molar-refractivity contribution in [2.24, 2.45) is 12.0 Å². The number of aromatic nitrogens is 3. The third-order valence-electron chi connectivity index (χ3n) is 3.84. The molecule has 3 aromatic rings. The topological polar surface area (TPSA) is 61.4 Å². The summed E-state index contributed by atoms with van der Waals surface area (Å²) in [6, 6.07) is 6.25. The fraction of sp³-hybridized carbons (Fsp3) is 0.353. The van der Waals surface area contributed by atoms with Crippen LogP contribution in [0.25, 0.3) is 10.2 Å². The van der Waals surface area contributed by atoms with Gasteiger partial charge < -0.3 is 9.30 Å². The summed E-state index contributed by atoms with van der Waals surface area (Å²) in [5, 5.41) is 4.16. The van der Waals surface area contributed by atoms with Crippen LogP contribution in [-0.4, -0.2) is 33.5 Å². The van der Waals surface area contributed by atoms with Crippen LogP contribution in [0.4, 0.5) is 4.39 Å². The van der Waals surface area contributed by atoms with Crippen molar-refractivity contribution in [2.75, 3.05) is 13.2 Å². The van der Waals surface area contributed by atoms with Gasteiger partial charge >= 0.3 is 0 Å². The highest BCUT2D eigenvalue weighted by atomic mass is 32.1. The van der Waals surface area contributed by atoms with Gasteiger partial charge in [-0.25, -0.2) is 4.39 Å². The van der Waals surface area contributed by atoms with Gasteiger partial charge in [-0.15, -0.1) is 0 Å². The van der Waals surface area contributed by atoms with Crippen molar-refractivity contribution in [2.45, 2.75) is 20.4 Å². The molecule has 3 rings (SSSR count). The summed E-state index contributed by atoms with van der Waals surface area (Å²) in [6.45, 7) is 5.42. The highest BCUT2D eigenvalue weighted by Crippen LogP contribution is 2.18. The highest BCUT2D eigenvalue weighted by molar-refractivity contribution is 7.16. The molecule has 0 fully saturated rings. The number of carbonyl (C=O) groups is 1. The van der Waals surface area contributed by atoms with E-state index in [-0.39, 0.29) is 5.82 Å². The maximum atomic E-state index is 13.5. The standard InChI is InChI=1S/C17H19FN4O2S/c1-4-24-8-7-22-14-6-5-12(18)10-15(14)25-17(22)19-16(23)13-9-11(2)21(3)20-13/h5-6,9-10H,4,7-8H2,1-3H3. The van der Waals surface area contributed by atoms with E-state index < -0.39 is 5.91 Å². The number of hydrogen-bond acceptors (Lipinski definition) is 4. The maximum Gasteiger partial charge on any atom is 0.300 e. The second-order valence-corrected chi connectivity index (χ2v) is 6.57. The van der Waals surface area contributed by atoms with Crippen LogP contribution in [0.5, 0.6) is 0 Å². The molecule has 25 heavy (non-hydrogen) atoms. The van der Waals surface area contributed by atoms with Gasteiger partial charge in [0.25, 0.3) is 5.91 Å². The minimum absolute atomic E-state index is 0.292. The monoisotopic (exact) mass is 362 g/mol. The molecular formula is C17H19FN4O2S. The third kappa shape index (κ3) is 3.69. The Labute approximate surface area is 148 Å². The highest BCUT2D eigenvalue weighted by Gasteiger charge is 2.13. The summed E-state index contributed by atoms with van der Waals surface area (Å²) in [5.74, 6) is -0.732. The molecule has 1 aromatic carbocycles. The summed E-state index contributed by atoms with van der Waals surface area (Å²) < 4.78 is 23.2. The molecule has 0 aliphatic heterocycles. The molecule has 0 saturated heterocycles. The summed E-state index contributed by atoms with van der Waals surface area (Å²) in [7, 11) is 1.77. The molecule has 0 spiro atoms. The van der Waals surface area contributed by atoms with Crippen molar-refractivity contribution in [1.82, 2.24) is 14.3 Å². The molecule has 2 heterocycles. The van der Waals surface area contributed by atoms with Crippen molar-refractivity contribution in [1.29, 1.82) is 0 Å². The summed E-state index contributed by atoms with van der Waals surface area (Å²) in [4.78, 5) is 17.2. The lowest BCUT2D eigenvalue weighted by atomic mass is 10.3. The van der Waals surface area contributed by atoms with Crippen LogP contribution in [0.3, 0.4) is 0 Å². The lowest BCUT2D eigenvalue weighted by Crippen LogP contribution is -2.20. The molecule has 0 N–H and O–H groups in total. The zero-order valence-corrected chi connectivity index (χ0v) is 15.1. The molecule has 0 unspecified atom stereocenters. The number of aryl methyl sites for hydroxylation is 2. The first kappa shape index (κ1) is 17.5. The van der Waals surface area contributed by atoms with E-state index >= 15 is 0 Å². The van der Waals surface area contributed by atoms with Crippen LogP contribution in [0.2, 0.25) is 0 Å². The molecule has 132 valence electrons. The number of hydrogen-bond donors (Lipinski definition) is 0. The van der Waals surface area contributed by atoms with Crippen LogP contribution in [0.1, 0.15) is 23.1 Å². The van der Waals surface area contributed by atoms with Gasteiger partial charge in [0.1, 0.15) is 5.82 Å². The normalized spacial score (nSPS) is 12.2. The predicted molar refractivity (Wildman–Crippen MR) is 94.1 cm³/mol. The van der Waals surface area contributed by atoms with Crippen LogP contribution in [0.15, 0.2) is 29.3 Å². The smallest absolute Gasteiger partial charge is 0.300 e. The van der Waals surface area contributed by atoms with E-state index in [1.54, 1.807) is 23.9 Å². The number of carbonyl (C=O) groups excluding carboxylic acids is 1. The van der Waals surface area contributed by atoms with Gasteiger partial charge in [-0.1, -0.05) is 11.3 Å². The van der Waals surface area contributed by atoms with Crippen molar-refractivity contribution < 1.29 is 13.9 Å². The van der Waals surface area contributed by atoms with Crippen LogP contribution in [0, 0.1) is 12.7 Å². The molecule has 0 aliphatic carbocycles. The molecule has 0 aliphatic rings. The fourth-order valence-corrected chi connectivity index (χ4v) is 3.54. The molecule has 6 nitrogen and oxygen atoms in total. The second-order valence-electron chi connectivity index (χ2n) is 5.56. The predicted octanol–water partition coefficient (Wildman–Crippen LogP) is 2.66. The maximum absolute atomic E-state index is 13.5. The summed E-state index contributed by atoms with van der Waals surface area (Å²) in [5.41, 5.74) is 2.00. The molecule has 1 amide bonds. The second kappa shape index (κ2) is 7.28. The van der Waals surface area contributed by atoms with Gasteiger partial charge in [-0.3, -0.25) is 9.48 Å². The van der Waals surface area contributed by atoms with E-state index in [0.29, 0.717) is 30.3 Å². The molecular weight excluding hydrogens is 343 g/mol. The number of amides is 1. The number of halogens is 1. The first-order chi connectivity index (χ1) is 12.0. The number of rotatable bonds is 5. The number of nitrogens with zero attached hydrogens (tertiary/aromatic N) is 4. The lowest BCUT2D eigenvalue weighted by molar-refractivity contribution is 0.0991. The molecule has 0 atom stereocenters. The van der Waals surface area contributed by atoms with E-state index in [9.17, 15) is 9.18 Å². The van der Waals surface area contributed by atoms with E-state index in [0.717, 1.165) is 15.9 Å². The number of fused-ring (bicyclic) bond motifs is 1. The Bertz CT molecular complexity index is 967. The van der Waals surface area contributed by atoms with Gasteiger partial charge in [-0.05, 0) is 38.1 Å². The molecule has 8 heteroatoms. The van der Waals surface area contributed by atoms with E-state index in [4.69, 9.17) is 4.74 Å². The minimum Gasteiger partial charge on any atom is -0.380 e. The Morgan fingerprint density at radius 3 is 2.88 bits per heavy atom. The van der Waals surface area contributed by atoms with Gasteiger partial charge in [0, 0.05) is 25.9 Å². The van der Waals surface area contributed by atoms with Crippen LogP contribution in [-0.2, 0) is 18.3 Å². The Balaban J connectivity index is 2.06. The first-order valence-corrected chi connectivity index (χ1v) is 8.77. The first-order valence-electron chi connectivity index (χ1n) is 7.96. The minimum atomic E-state index is -0.416. The number of thiazole rings is 1. The van der Waals surface area contributed by atoms with Gasteiger partial charge in [0.15, 0.2) is 10.5 Å². The number of ether oxygens (including phenoxy) is 1. The van der Waals surface area contributed by atoms with Crippen molar-refractivity contribution in [3.05, 3.63) is 46.3 Å². The van der Waals surface area contributed by atoms with Gasteiger partial charge in [0.2, 0.25) is 0 Å². The molecule has 0 bridgehead atoms. The van der Waals surface area contributed by atoms with Crippen molar-refractivity contribution >= 4 is 27.5 Å². The number of benzene rings is 1. The van der Waals surface area contributed by atoms with E-state index in [1.807, 2.05) is 18.4 Å². The largest absolute Gasteiger partial charge is 0.380 e. The lowest BCUT2D eigenvalue weighted by Gasteiger charge is -2.05. The van der Waals surface area contributed by atoms with E-state index in [1.165, 1.54) is 23.5 Å². The summed E-state index contributed by atoms with van der Waals surface area (Å²) in [6.07, 6.45) is 0. The Morgan fingerprint density at radius 1 is 1.40 bits per heavy atom. The average Bonchev–Trinajstić information content (AvgIpc) is 3.08. The Hall–Kier alpha value is -2.32. The van der Waals surface area contributed by atoms with Crippen molar-refractivity contribution in [3.63, 3.8) is 0 Å². The zero-order valence-electron chi connectivity index (χ0n) is 14.3. The Kier molecular flexibility index (Phi) is 5.10.